The van der Waals surface area contributed by atoms with E-state index >= 15 is 0 Å². The molecular formula is C8H8NO3S-. The molecule has 5 heteroatoms. The Morgan fingerprint density at radius 1 is 1.38 bits per heavy atom. The van der Waals surface area contributed by atoms with Crippen molar-refractivity contribution in [3.05, 3.63) is 35.4 Å². The van der Waals surface area contributed by atoms with Crippen molar-refractivity contribution in [2.45, 2.75) is 5.75 Å². The van der Waals surface area contributed by atoms with E-state index in [1.165, 1.54) is 12.1 Å². The van der Waals surface area contributed by atoms with Crippen LogP contribution in [0.4, 0.5) is 0 Å². The van der Waals surface area contributed by atoms with E-state index in [-0.39, 0.29) is 5.75 Å². The summed E-state index contributed by atoms with van der Waals surface area (Å²) < 4.78 is 20.6. The van der Waals surface area contributed by atoms with Crippen LogP contribution < -0.4 is 5.73 Å². The summed E-state index contributed by atoms with van der Waals surface area (Å²) in [5, 5.41) is 0. The number of rotatable bonds is 3. The molecule has 1 unspecified atom stereocenters. The second-order valence-electron chi connectivity index (χ2n) is 2.51. The molecule has 0 aliphatic heterocycles. The van der Waals surface area contributed by atoms with Crippen molar-refractivity contribution in [2.24, 2.45) is 5.73 Å². The van der Waals surface area contributed by atoms with Crippen molar-refractivity contribution in [2.75, 3.05) is 0 Å². The van der Waals surface area contributed by atoms with Crippen LogP contribution in [0.1, 0.15) is 15.9 Å². The van der Waals surface area contributed by atoms with Gasteiger partial charge >= 0.3 is 0 Å². The Balaban J connectivity index is 2.81. The predicted molar refractivity (Wildman–Crippen MR) is 47.6 cm³/mol. The molecule has 0 saturated carbocycles. The van der Waals surface area contributed by atoms with Gasteiger partial charge in [-0.3, -0.25) is 9.00 Å². The first kappa shape index (κ1) is 9.88. The van der Waals surface area contributed by atoms with Crippen LogP contribution in [-0.2, 0) is 16.8 Å². The monoisotopic (exact) mass is 198 g/mol. The number of amides is 1. The lowest BCUT2D eigenvalue weighted by Crippen LogP contribution is -2.10. The summed E-state index contributed by atoms with van der Waals surface area (Å²) in [7, 11) is 0. The molecule has 0 fully saturated rings. The zero-order valence-electron chi connectivity index (χ0n) is 6.73. The van der Waals surface area contributed by atoms with Gasteiger partial charge in [0, 0.05) is 11.3 Å². The molecule has 1 aromatic carbocycles. The normalized spacial score (nSPS) is 12.4. The molecule has 0 radical (unpaired) electrons. The van der Waals surface area contributed by atoms with Crippen LogP contribution in [0.25, 0.3) is 0 Å². The Morgan fingerprint density at radius 3 is 2.31 bits per heavy atom. The number of primary amides is 1. The highest BCUT2D eigenvalue weighted by Crippen LogP contribution is 2.05. The highest BCUT2D eigenvalue weighted by Gasteiger charge is 1.99. The fourth-order valence-electron chi connectivity index (χ4n) is 0.901. The number of carbonyl (C=O) groups is 1. The first-order chi connectivity index (χ1) is 6.09. The van der Waals surface area contributed by atoms with Gasteiger partial charge in [-0.1, -0.05) is 23.2 Å². The Kier molecular flexibility index (Phi) is 3.16. The molecule has 13 heavy (non-hydrogen) atoms. The van der Waals surface area contributed by atoms with E-state index in [0.717, 1.165) is 0 Å². The number of benzene rings is 1. The smallest absolute Gasteiger partial charge is 0.248 e. The van der Waals surface area contributed by atoms with E-state index in [0.29, 0.717) is 11.1 Å². The van der Waals surface area contributed by atoms with Gasteiger partial charge in [-0.2, -0.15) is 0 Å². The maximum atomic E-state index is 10.6. The van der Waals surface area contributed by atoms with E-state index in [4.69, 9.17) is 5.73 Å². The minimum Gasteiger partial charge on any atom is -0.772 e. The minimum absolute atomic E-state index is 0.0426. The molecule has 1 rings (SSSR count). The van der Waals surface area contributed by atoms with Gasteiger partial charge in [-0.15, -0.1) is 0 Å². The molecule has 0 saturated heterocycles. The van der Waals surface area contributed by atoms with E-state index in [9.17, 15) is 13.6 Å². The first-order valence-electron chi connectivity index (χ1n) is 3.54. The number of nitrogens with two attached hydrogens (primary N) is 1. The average Bonchev–Trinajstić information content (AvgIpc) is 2.04. The summed E-state index contributed by atoms with van der Waals surface area (Å²) in [6.07, 6.45) is 0. The second-order valence-corrected chi connectivity index (χ2v) is 3.41. The number of hydrogen-bond donors (Lipinski definition) is 1. The summed E-state index contributed by atoms with van der Waals surface area (Å²) in [6, 6.07) is 6.14. The van der Waals surface area contributed by atoms with Gasteiger partial charge in [0.25, 0.3) is 0 Å². The van der Waals surface area contributed by atoms with Crippen LogP contribution in [0, 0.1) is 0 Å². The SMILES string of the molecule is NC(=O)c1ccc(CS(=O)[O-])cc1. The molecule has 70 valence electrons. The largest absolute Gasteiger partial charge is 0.772 e. The van der Waals surface area contributed by atoms with Crippen LogP contribution in [0.3, 0.4) is 0 Å². The van der Waals surface area contributed by atoms with E-state index in [1.54, 1.807) is 12.1 Å². The molecule has 4 nitrogen and oxygen atoms in total. The fourth-order valence-corrected chi connectivity index (χ4v) is 1.37. The highest BCUT2D eigenvalue weighted by molar-refractivity contribution is 7.78. The molecule has 0 bridgehead atoms. The van der Waals surface area contributed by atoms with Crippen molar-refractivity contribution in [3.8, 4) is 0 Å². The van der Waals surface area contributed by atoms with Crippen molar-refractivity contribution in [1.29, 1.82) is 0 Å². The fraction of sp³-hybridized carbons (Fsp3) is 0.125. The Bertz CT molecular complexity index is 334. The Hall–Kier alpha value is -1.20. The van der Waals surface area contributed by atoms with Gasteiger partial charge in [-0.25, -0.2) is 0 Å². The van der Waals surface area contributed by atoms with E-state index in [2.05, 4.69) is 0 Å². The summed E-state index contributed by atoms with van der Waals surface area (Å²) in [5.41, 5.74) is 6.02. The van der Waals surface area contributed by atoms with Crippen molar-refractivity contribution >= 4 is 17.0 Å². The molecule has 2 N–H and O–H groups in total. The van der Waals surface area contributed by atoms with Crippen molar-refractivity contribution in [1.82, 2.24) is 0 Å². The zero-order valence-corrected chi connectivity index (χ0v) is 7.54. The third-order valence-corrected chi connectivity index (χ3v) is 2.09. The molecule has 0 heterocycles. The maximum absolute atomic E-state index is 10.6. The average molecular weight is 198 g/mol. The van der Waals surface area contributed by atoms with Crippen LogP contribution in [0.15, 0.2) is 24.3 Å². The van der Waals surface area contributed by atoms with Gasteiger partial charge in [0.2, 0.25) is 5.91 Å². The van der Waals surface area contributed by atoms with Crippen LogP contribution in [0.2, 0.25) is 0 Å². The lowest BCUT2D eigenvalue weighted by molar-refractivity contribution is 0.100. The quantitative estimate of drug-likeness (QED) is 0.702. The third kappa shape index (κ3) is 2.96. The highest BCUT2D eigenvalue weighted by atomic mass is 32.2. The van der Waals surface area contributed by atoms with Crippen molar-refractivity contribution < 1.29 is 13.6 Å². The molecule has 1 atom stereocenters. The summed E-state index contributed by atoms with van der Waals surface area (Å²) >= 11 is -2.10. The maximum Gasteiger partial charge on any atom is 0.248 e. The van der Waals surface area contributed by atoms with Gasteiger partial charge in [-0.05, 0) is 17.7 Å². The van der Waals surface area contributed by atoms with Crippen LogP contribution >= 0.6 is 0 Å². The van der Waals surface area contributed by atoms with E-state index < -0.39 is 17.0 Å². The number of carbonyl (C=O) groups excluding carboxylic acids is 1. The predicted octanol–water partition coefficient (Wildman–Crippen LogP) is 0.165. The van der Waals surface area contributed by atoms with Gasteiger partial charge in [0.1, 0.15) is 0 Å². The molecule has 1 amide bonds. The van der Waals surface area contributed by atoms with Gasteiger partial charge < -0.3 is 10.3 Å². The van der Waals surface area contributed by atoms with Crippen LogP contribution in [-0.4, -0.2) is 14.7 Å². The lowest BCUT2D eigenvalue weighted by Gasteiger charge is -2.04. The summed E-state index contributed by atoms with van der Waals surface area (Å²) in [6.45, 7) is 0. The molecule has 0 aliphatic carbocycles. The van der Waals surface area contributed by atoms with Gasteiger partial charge in [0.05, 0.1) is 0 Å². The minimum atomic E-state index is -2.10. The first-order valence-corrected chi connectivity index (χ1v) is 4.78. The van der Waals surface area contributed by atoms with Gasteiger partial charge in [0.15, 0.2) is 0 Å². The molecule has 0 aliphatic rings. The molecule has 1 aromatic rings. The standard InChI is InChI=1S/C8H9NO3S/c9-8(10)7-3-1-6(2-4-7)5-13(11)12/h1-4H,5H2,(H2,9,10)(H,11,12)/p-1. The molecule has 0 spiro atoms. The van der Waals surface area contributed by atoms with E-state index in [1.807, 2.05) is 0 Å². The number of hydrogen-bond acceptors (Lipinski definition) is 3. The third-order valence-electron chi connectivity index (χ3n) is 1.52. The Morgan fingerprint density at radius 2 is 1.92 bits per heavy atom. The lowest BCUT2D eigenvalue weighted by atomic mass is 10.1. The zero-order chi connectivity index (χ0) is 9.84. The molecular weight excluding hydrogens is 190 g/mol. The summed E-state index contributed by atoms with van der Waals surface area (Å²) in [5.74, 6) is -0.561. The Labute approximate surface area is 78.0 Å². The molecule has 0 aromatic heterocycles. The topological polar surface area (TPSA) is 83.2 Å². The van der Waals surface area contributed by atoms with Crippen LogP contribution in [0.5, 0.6) is 0 Å². The summed E-state index contributed by atoms with van der Waals surface area (Å²) in [4.78, 5) is 10.6. The van der Waals surface area contributed by atoms with Crippen molar-refractivity contribution in [3.63, 3.8) is 0 Å². The second kappa shape index (κ2) is 4.15.